The number of esters is 1. The van der Waals surface area contributed by atoms with Crippen molar-refractivity contribution in [3.63, 3.8) is 0 Å². The van der Waals surface area contributed by atoms with Crippen molar-refractivity contribution in [1.29, 1.82) is 0 Å². The van der Waals surface area contributed by atoms with E-state index in [1.807, 2.05) is 30.3 Å². The summed E-state index contributed by atoms with van der Waals surface area (Å²) in [5, 5.41) is 2.78. The number of carbonyl (C=O) groups is 2. The first-order valence-corrected chi connectivity index (χ1v) is 9.11. The third kappa shape index (κ3) is 3.67. The molecule has 0 spiro atoms. The Morgan fingerprint density at radius 3 is 2.67 bits per heavy atom. The number of amides is 1. The van der Waals surface area contributed by atoms with Crippen molar-refractivity contribution in [3.8, 4) is 0 Å². The molecule has 0 saturated carbocycles. The lowest BCUT2D eigenvalue weighted by molar-refractivity contribution is -0.123. The lowest BCUT2D eigenvalue weighted by Crippen LogP contribution is -2.29. The van der Waals surface area contributed by atoms with Crippen LogP contribution in [0.25, 0.3) is 0 Å². The van der Waals surface area contributed by atoms with Crippen molar-refractivity contribution < 1.29 is 14.3 Å². The minimum absolute atomic E-state index is 0.323. The predicted octanol–water partition coefficient (Wildman–Crippen LogP) is 3.98. The fourth-order valence-corrected chi connectivity index (χ4v) is 3.91. The van der Waals surface area contributed by atoms with Crippen LogP contribution >= 0.6 is 11.3 Å². The molecule has 1 aromatic carbocycles. The summed E-state index contributed by atoms with van der Waals surface area (Å²) < 4.78 is 5.31. The van der Waals surface area contributed by atoms with E-state index in [1.54, 1.807) is 6.92 Å². The SMILES string of the molecule is CCc1ccc(NC(=O)C(C)OC(=O)c2cc3c(s2)CCC3)cc1. The quantitative estimate of drug-likeness (QED) is 0.835. The van der Waals surface area contributed by atoms with Crippen molar-refractivity contribution in [1.82, 2.24) is 0 Å². The maximum Gasteiger partial charge on any atom is 0.349 e. The van der Waals surface area contributed by atoms with E-state index >= 15 is 0 Å². The van der Waals surface area contributed by atoms with Crippen molar-refractivity contribution in [2.45, 2.75) is 45.6 Å². The van der Waals surface area contributed by atoms with E-state index in [-0.39, 0.29) is 5.91 Å². The average molecular weight is 343 g/mol. The summed E-state index contributed by atoms with van der Waals surface area (Å²) in [6.07, 6.45) is 3.35. The van der Waals surface area contributed by atoms with Crippen LogP contribution in [0.4, 0.5) is 5.69 Å². The van der Waals surface area contributed by atoms with Crippen LogP contribution in [0.2, 0.25) is 0 Å². The highest BCUT2D eigenvalue weighted by Crippen LogP contribution is 2.31. The van der Waals surface area contributed by atoms with E-state index in [0.717, 1.165) is 25.7 Å². The summed E-state index contributed by atoms with van der Waals surface area (Å²) in [6, 6.07) is 9.56. The van der Waals surface area contributed by atoms with Gasteiger partial charge in [-0.25, -0.2) is 4.79 Å². The average Bonchev–Trinajstić information content (AvgIpc) is 3.17. The molecule has 1 aliphatic rings. The van der Waals surface area contributed by atoms with Gasteiger partial charge in [-0.05, 0) is 61.9 Å². The van der Waals surface area contributed by atoms with Crippen LogP contribution in [-0.4, -0.2) is 18.0 Å². The van der Waals surface area contributed by atoms with E-state index < -0.39 is 12.1 Å². The Bertz CT molecular complexity index is 727. The number of hydrogen-bond donors (Lipinski definition) is 1. The second kappa shape index (κ2) is 7.18. The summed E-state index contributed by atoms with van der Waals surface area (Å²) in [6.45, 7) is 3.67. The molecule has 0 aliphatic heterocycles. The van der Waals surface area contributed by atoms with Gasteiger partial charge in [0, 0.05) is 10.6 Å². The molecule has 2 aromatic rings. The molecule has 1 atom stereocenters. The largest absolute Gasteiger partial charge is 0.448 e. The van der Waals surface area contributed by atoms with Crippen LogP contribution in [0.1, 0.15) is 45.9 Å². The second-order valence-corrected chi connectivity index (χ2v) is 7.14. The summed E-state index contributed by atoms with van der Waals surface area (Å²) in [5.74, 6) is -0.741. The summed E-state index contributed by atoms with van der Waals surface area (Å²) in [7, 11) is 0. The Kier molecular flexibility index (Phi) is 5.00. The summed E-state index contributed by atoms with van der Waals surface area (Å²) >= 11 is 1.49. The molecule has 0 radical (unpaired) electrons. The standard InChI is InChI=1S/C19H21NO3S/c1-3-13-7-9-15(10-8-13)20-18(21)12(2)23-19(22)17-11-14-5-4-6-16(14)24-17/h7-12H,3-6H2,1-2H3,(H,20,21). The zero-order valence-electron chi connectivity index (χ0n) is 13.9. The van der Waals surface area contributed by atoms with E-state index in [9.17, 15) is 9.59 Å². The minimum atomic E-state index is -0.833. The van der Waals surface area contributed by atoms with Gasteiger partial charge in [0.25, 0.3) is 5.91 Å². The Morgan fingerprint density at radius 2 is 2.00 bits per heavy atom. The van der Waals surface area contributed by atoms with Crippen LogP contribution in [-0.2, 0) is 28.8 Å². The van der Waals surface area contributed by atoms with Gasteiger partial charge in [0.2, 0.25) is 0 Å². The van der Waals surface area contributed by atoms with Gasteiger partial charge in [-0.15, -0.1) is 11.3 Å². The minimum Gasteiger partial charge on any atom is -0.448 e. The number of ether oxygens (including phenoxy) is 1. The molecular weight excluding hydrogens is 322 g/mol. The zero-order valence-corrected chi connectivity index (χ0v) is 14.7. The number of benzene rings is 1. The lowest BCUT2D eigenvalue weighted by atomic mass is 10.1. The number of anilines is 1. The third-order valence-electron chi connectivity index (χ3n) is 4.23. The maximum atomic E-state index is 12.2. The van der Waals surface area contributed by atoms with Crippen molar-refractivity contribution in [2.75, 3.05) is 5.32 Å². The monoisotopic (exact) mass is 343 g/mol. The number of carbonyl (C=O) groups excluding carboxylic acids is 2. The number of thiophene rings is 1. The highest BCUT2D eigenvalue weighted by atomic mass is 32.1. The Morgan fingerprint density at radius 1 is 1.25 bits per heavy atom. The molecule has 24 heavy (non-hydrogen) atoms. The zero-order chi connectivity index (χ0) is 17.1. The highest BCUT2D eigenvalue weighted by molar-refractivity contribution is 7.14. The van der Waals surface area contributed by atoms with Gasteiger partial charge in [-0.2, -0.15) is 0 Å². The highest BCUT2D eigenvalue weighted by Gasteiger charge is 2.23. The van der Waals surface area contributed by atoms with Gasteiger partial charge in [0.05, 0.1) is 0 Å². The fourth-order valence-electron chi connectivity index (χ4n) is 2.77. The molecule has 1 aliphatic carbocycles. The number of fused-ring (bicyclic) bond motifs is 1. The number of rotatable bonds is 5. The molecule has 126 valence electrons. The van der Waals surface area contributed by atoms with Crippen LogP contribution in [0.5, 0.6) is 0 Å². The first-order chi connectivity index (χ1) is 11.6. The van der Waals surface area contributed by atoms with E-state index in [4.69, 9.17) is 4.74 Å². The lowest BCUT2D eigenvalue weighted by Gasteiger charge is -2.13. The molecule has 0 bridgehead atoms. The normalized spacial score (nSPS) is 14.1. The predicted molar refractivity (Wildman–Crippen MR) is 95.7 cm³/mol. The van der Waals surface area contributed by atoms with Crippen LogP contribution in [0.3, 0.4) is 0 Å². The van der Waals surface area contributed by atoms with Crippen molar-refractivity contribution >= 4 is 28.9 Å². The van der Waals surface area contributed by atoms with E-state index in [0.29, 0.717) is 10.6 Å². The summed E-state index contributed by atoms with van der Waals surface area (Å²) in [5.41, 5.74) is 3.16. The second-order valence-electron chi connectivity index (χ2n) is 6.00. The smallest absolute Gasteiger partial charge is 0.349 e. The van der Waals surface area contributed by atoms with Crippen LogP contribution in [0.15, 0.2) is 30.3 Å². The third-order valence-corrected chi connectivity index (χ3v) is 5.45. The molecule has 3 rings (SSSR count). The van der Waals surface area contributed by atoms with Crippen LogP contribution < -0.4 is 5.32 Å². The molecule has 1 N–H and O–H groups in total. The van der Waals surface area contributed by atoms with Gasteiger partial charge in [-0.1, -0.05) is 19.1 Å². The Balaban J connectivity index is 1.57. The number of nitrogens with one attached hydrogen (secondary N) is 1. The molecule has 1 heterocycles. The Labute approximate surface area is 145 Å². The first kappa shape index (κ1) is 16.7. The number of aryl methyl sites for hydroxylation is 3. The van der Waals surface area contributed by atoms with Gasteiger partial charge < -0.3 is 10.1 Å². The Hall–Kier alpha value is -2.14. The van der Waals surface area contributed by atoms with E-state index in [2.05, 4.69) is 12.2 Å². The number of hydrogen-bond acceptors (Lipinski definition) is 4. The molecule has 5 heteroatoms. The van der Waals surface area contributed by atoms with Crippen molar-refractivity contribution in [2.24, 2.45) is 0 Å². The van der Waals surface area contributed by atoms with Gasteiger partial charge >= 0.3 is 5.97 Å². The molecule has 0 saturated heterocycles. The van der Waals surface area contributed by atoms with Gasteiger partial charge in [0.1, 0.15) is 4.88 Å². The molecular formula is C19H21NO3S. The molecule has 1 unspecified atom stereocenters. The maximum absolute atomic E-state index is 12.2. The molecule has 4 nitrogen and oxygen atoms in total. The van der Waals surface area contributed by atoms with Gasteiger partial charge in [-0.3, -0.25) is 4.79 Å². The van der Waals surface area contributed by atoms with E-state index in [1.165, 1.54) is 27.3 Å². The fraction of sp³-hybridized carbons (Fsp3) is 0.368. The molecule has 0 fully saturated rings. The topological polar surface area (TPSA) is 55.4 Å². The van der Waals surface area contributed by atoms with Crippen molar-refractivity contribution in [3.05, 3.63) is 51.2 Å². The summed E-state index contributed by atoms with van der Waals surface area (Å²) in [4.78, 5) is 26.3. The van der Waals surface area contributed by atoms with Gasteiger partial charge in [0.15, 0.2) is 6.10 Å². The molecule has 1 amide bonds. The molecule has 1 aromatic heterocycles. The first-order valence-electron chi connectivity index (χ1n) is 8.29. The van der Waals surface area contributed by atoms with Crippen LogP contribution in [0, 0.1) is 0 Å².